The summed E-state index contributed by atoms with van der Waals surface area (Å²) in [7, 11) is 0. The van der Waals surface area contributed by atoms with Crippen molar-refractivity contribution in [2.75, 3.05) is 6.61 Å². The molecule has 5 aliphatic rings. The number of hydrogen-bond donors (Lipinski definition) is 0. The van der Waals surface area contributed by atoms with Gasteiger partial charge in [-0.1, -0.05) is 45.9 Å². The van der Waals surface area contributed by atoms with Crippen LogP contribution in [0.15, 0.2) is 30.3 Å². The minimum atomic E-state index is -1.61. The lowest BCUT2D eigenvalue weighted by Gasteiger charge is -2.50. The van der Waals surface area contributed by atoms with Gasteiger partial charge in [0.25, 0.3) is 0 Å². The summed E-state index contributed by atoms with van der Waals surface area (Å²) in [6.07, 6.45) is -3.27. The first-order valence-corrected chi connectivity index (χ1v) is 16.7. The molecule has 12 atom stereocenters. The zero-order valence-electron chi connectivity index (χ0n) is 28.4. The topological polar surface area (TPSA) is 141 Å². The Morgan fingerprint density at radius 3 is 2.13 bits per heavy atom. The second kappa shape index (κ2) is 11.3. The maximum Gasteiger partial charge on any atom is 0.338 e. The van der Waals surface area contributed by atoms with Crippen LogP contribution in [0.25, 0.3) is 0 Å². The second-order valence-corrected chi connectivity index (χ2v) is 15.1. The third-order valence-corrected chi connectivity index (χ3v) is 12.1. The number of carbonyl (C=O) groups is 5. The van der Waals surface area contributed by atoms with Crippen molar-refractivity contribution in [3.8, 4) is 0 Å². The molecular formula is C36H46O11. The fourth-order valence-corrected chi connectivity index (χ4v) is 10.5. The van der Waals surface area contributed by atoms with Gasteiger partial charge < -0.3 is 28.4 Å². The lowest BCUT2D eigenvalue weighted by Crippen LogP contribution is -2.64. The molecule has 0 spiro atoms. The minimum Gasteiger partial charge on any atom is -0.461 e. The highest BCUT2D eigenvalue weighted by molar-refractivity contribution is 5.89. The van der Waals surface area contributed by atoms with E-state index < -0.39 is 88.6 Å². The Hall–Kier alpha value is -3.47. The van der Waals surface area contributed by atoms with Crippen molar-refractivity contribution < 1.29 is 52.4 Å². The Balaban J connectivity index is 1.64. The van der Waals surface area contributed by atoms with Crippen molar-refractivity contribution in [3.05, 3.63) is 35.9 Å². The molecule has 0 amide bonds. The van der Waals surface area contributed by atoms with Crippen molar-refractivity contribution in [3.63, 3.8) is 0 Å². The molecule has 1 aliphatic heterocycles. The molecule has 5 fully saturated rings. The molecular weight excluding hydrogens is 608 g/mol. The average Bonchev–Trinajstić information content (AvgIpc) is 3.24. The van der Waals surface area contributed by atoms with Crippen molar-refractivity contribution in [2.24, 2.45) is 40.4 Å². The summed E-state index contributed by atoms with van der Waals surface area (Å²) in [5, 5.41) is 0. The molecule has 1 saturated heterocycles. The van der Waals surface area contributed by atoms with Gasteiger partial charge in [-0.3, -0.25) is 19.2 Å². The normalized spacial score (nSPS) is 42.0. The number of esters is 5. The van der Waals surface area contributed by atoms with Gasteiger partial charge in [-0.15, -0.1) is 0 Å². The van der Waals surface area contributed by atoms with E-state index in [-0.39, 0.29) is 36.7 Å². The van der Waals surface area contributed by atoms with Crippen LogP contribution in [-0.4, -0.2) is 72.1 Å². The Kier molecular flexibility index (Phi) is 8.05. The van der Waals surface area contributed by atoms with Crippen LogP contribution >= 0.6 is 0 Å². The molecule has 1 aromatic carbocycles. The fraction of sp³-hybridized carbons (Fsp3) is 0.694. The highest BCUT2D eigenvalue weighted by atomic mass is 16.6. The maximum absolute atomic E-state index is 13.8. The number of benzene rings is 1. The van der Waals surface area contributed by atoms with Gasteiger partial charge in [0.05, 0.1) is 23.5 Å². The zero-order valence-corrected chi connectivity index (χ0v) is 28.4. The van der Waals surface area contributed by atoms with E-state index in [1.165, 1.54) is 20.8 Å². The molecule has 11 nitrogen and oxygen atoms in total. The molecule has 0 N–H and O–H groups in total. The largest absolute Gasteiger partial charge is 0.461 e. The van der Waals surface area contributed by atoms with Crippen LogP contribution < -0.4 is 0 Å². The van der Waals surface area contributed by atoms with E-state index in [0.29, 0.717) is 12.0 Å². The van der Waals surface area contributed by atoms with Crippen LogP contribution in [0.4, 0.5) is 0 Å². The van der Waals surface area contributed by atoms with Crippen LogP contribution in [0.5, 0.6) is 0 Å². The SMILES string of the molecule is CCC(=O)O[C@@H]1[C@@H]2[C@@H](OC(C)=O)[C@@]34CO[C@](C)([C@H](OC(C)=O)[C@@]2(OC(C)=O)C[C@@H]1C)[C@@H]3[C@@H]1[C@H](C[C@H]4OC(=O)c2ccccc2)C1(C)C. The van der Waals surface area contributed by atoms with E-state index in [0.717, 1.165) is 0 Å². The van der Waals surface area contributed by atoms with Crippen LogP contribution in [0.3, 0.4) is 0 Å². The molecule has 4 aliphatic carbocycles. The van der Waals surface area contributed by atoms with Gasteiger partial charge in [0.2, 0.25) is 0 Å². The standard InChI is InChI=1S/C36H46O11/c1-9-25(40)46-28-18(2)16-36(47-21(5)39)27(28)30(43-19(3)37)35-17-42-34(8,32(36)44-20(4)38)29(35)26-23(33(26,6)7)15-24(35)45-31(41)22-13-11-10-12-14-22/h10-14,18,23-24,26-30,32H,9,15-17H2,1-8H3/t18-,23-,24+,26-,27+,28-,29-,30+,32-,34-,35+,36+/m0/s1. The second-order valence-electron chi connectivity index (χ2n) is 15.1. The highest BCUT2D eigenvalue weighted by Crippen LogP contribution is 2.79. The van der Waals surface area contributed by atoms with E-state index in [2.05, 4.69) is 13.8 Å². The quantitative estimate of drug-likeness (QED) is 0.305. The molecule has 1 heterocycles. The number of ether oxygens (including phenoxy) is 6. The van der Waals surface area contributed by atoms with Crippen molar-refractivity contribution in [1.82, 2.24) is 0 Å². The van der Waals surface area contributed by atoms with E-state index in [4.69, 9.17) is 28.4 Å². The predicted octanol–water partition coefficient (Wildman–Crippen LogP) is 4.44. The molecule has 256 valence electrons. The molecule has 0 aromatic heterocycles. The Bertz CT molecular complexity index is 1470. The number of fused-ring (bicyclic) bond motifs is 2. The maximum atomic E-state index is 13.8. The van der Waals surface area contributed by atoms with Crippen molar-refractivity contribution >= 4 is 29.8 Å². The first-order chi connectivity index (χ1) is 22.0. The predicted molar refractivity (Wildman–Crippen MR) is 164 cm³/mol. The highest BCUT2D eigenvalue weighted by Gasteiger charge is 2.86. The summed E-state index contributed by atoms with van der Waals surface area (Å²) >= 11 is 0. The van der Waals surface area contributed by atoms with Gasteiger partial charge in [0.1, 0.15) is 23.9 Å². The van der Waals surface area contributed by atoms with Gasteiger partial charge in [-0.2, -0.15) is 0 Å². The molecule has 47 heavy (non-hydrogen) atoms. The summed E-state index contributed by atoms with van der Waals surface area (Å²) < 4.78 is 38.4. The fourth-order valence-electron chi connectivity index (χ4n) is 10.5. The molecule has 0 radical (unpaired) electrons. The van der Waals surface area contributed by atoms with Gasteiger partial charge in [0, 0.05) is 33.1 Å². The third-order valence-electron chi connectivity index (χ3n) is 12.1. The lowest BCUT2D eigenvalue weighted by atomic mass is 9.57. The Labute approximate surface area is 275 Å². The molecule has 4 saturated carbocycles. The Morgan fingerprint density at radius 2 is 1.53 bits per heavy atom. The van der Waals surface area contributed by atoms with Crippen molar-refractivity contribution in [1.29, 1.82) is 0 Å². The summed E-state index contributed by atoms with van der Waals surface area (Å²) in [6.45, 7) is 13.6. The molecule has 2 bridgehead atoms. The molecule has 1 aromatic rings. The number of rotatable bonds is 7. The van der Waals surface area contributed by atoms with Crippen LogP contribution in [0.1, 0.15) is 85.0 Å². The van der Waals surface area contributed by atoms with Gasteiger partial charge >= 0.3 is 29.8 Å². The average molecular weight is 655 g/mol. The zero-order chi connectivity index (χ0) is 34.3. The van der Waals surface area contributed by atoms with E-state index in [9.17, 15) is 24.0 Å². The monoisotopic (exact) mass is 654 g/mol. The van der Waals surface area contributed by atoms with Crippen LogP contribution in [0, 0.1) is 40.4 Å². The number of carbonyl (C=O) groups excluding carboxylic acids is 5. The van der Waals surface area contributed by atoms with Crippen molar-refractivity contribution in [2.45, 2.75) is 110 Å². The van der Waals surface area contributed by atoms with Gasteiger partial charge in [-0.25, -0.2) is 4.79 Å². The van der Waals surface area contributed by atoms with E-state index in [1.807, 2.05) is 19.9 Å². The molecule has 6 rings (SSSR count). The number of hydrogen-bond acceptors (Lipinski definition) is 11. The minimum absolute atomic E-state index is 0.0000591. The Morgan fingerprint density at radius 1 is 0.872 bits per heavy atom. The summed E-state index contributed by atoms with van der Waals surface area (Å²) in [6, 6.07) is 8.68. The van der Waals surface area contributed by atoms with Crippen LogP contribution in [0.2, 0.25) is 0 Å². The first kappa shape index (κ1) is 33.4. The summed E-state index contributed by atoms with van der Waals surface area (Å²) in [4.78, 5) is 66.1. The first-order valence-electron chi connectivity index (χ1n) is 16.7. The summed E-state index contributed by atoms with van der Waals surface area (Å²) in [5.74, 6) is -4.59. The third kappa shape index (κ3) is 4.89. The van der Waals surface area contributed by atoms with Gasteiger partial charge in [0.15, 0.2) is 11.7 Å². The van der Waals surface area contributed by atoms with Crippen LogP contribution in [-0.2, 0) is 47.6 Å². The van der Waals surface area contributed by atoms with Gasteiger partial charge in [-0.05, 0) is 55.1 Å². The smallest absolute Gasteiger partial charge is 0.338 e. The lowest BCUT2D eigenvalue weighted by molar-refractivity contribution is -0.247. The molecule has 0 unspecified atom stereocenters. The van der Waals surface area contributed by atoms with E-state index >= 15 is 0 Å². The summed E-state index contributed by atoms with van der Waals surface area (Å²) in [5.41, 5.74) is -3.92. The molecule has 11 heteroatoms. The van der Waals surface area contributed by atoms with E-state index in [1.54, 1.807) is 31.2 Å².